The largest absolute Gasteiger partial charge is 0.466 e. The monoisotopic (exact) mass is 273 g/mol. The Kier molecular flexibility index (Phi) is 2.79. The number of aryl methyl sites for hydroxylation is 3. The van der Waals surface area contributed by atoms with Gasteiger partial charge in [-0.25, -0.2) is 4.79 Å². The van der Waals surface area contributed by atoms with Crippen molar-refractivity contribution < 1.29 is 13.9 Å². The molecule has 5 nitrogen and oxygen atoms in total. The molecule has 0 aliphatic rings. The fraction of sp³-hybridized carbons (Fsp3) is 0.267. The number of aromatic nitrogens is 1. The number of nitrogens with zero attached hydrogens (tertiary/aromatic N) is 1. The number of fused-ring (bicyclic) bond motifs is 1. The van der Waals surface area contributed by atoms with Crippen molar-refractivity contribution in [3.63, 3.8) is 0 Å². The van der Waals surface area contributed by atoms with E-state index in [1.165, 1.54) is 4.57 Å². The highest BCUT2D eigenvalue weighted by Gasteiger charge is 2.18. The van der Waals surface area contributed by atoms with Gasteiger partial charge in [0.05, 0.1) is 5.52 Å². The molecule has 0 saturated carbocycles. The maximum atomic E-state index is 11.5. The quantitative estimate of drug-likeness (QED) is 0.778. The van der Waals surface area contributed by atoms with E-state index >= 15 is 0 Å². The fourth-order valence-electron chi connectivity index (χ4n) is 2.42. The minimum atomic E-state index is -0.803. The average molecular weight is 273 g/mol. The molecule has 1 unspecified atom stereocenters. The summed E-state index contributed by atoms with van der Waals surface area (Å²) in [5.74, 6) is 1.02. The van der Waals surface area contributed by atoms with Gasteiger partial charge in [-0.2, -0.15) is 0 Å². The summed E-state index contributed by atoms with van der Waals surface area (Å²) in [6.07, 6.45) is -0.803. The summed E-state index contributed by atoms with van der Waals surface area (Å²) < 4.78 is 12.0. The van der Waals surface area contributed by atoms with Crippen LogP contribution in [0.5, 0.6) is 0 Å². The topological polar surface area (TPSA) is 68.5 Å². The summed E-state index contributed by atoms with van der Waals surface area (Å²) >= 11 is 0. The van der Waals surface area contributed by atoms with E-state index in [4.69, 9.17) is 8.83 Å². The predicted octanol–water partition coefficient (Wildman–Crippen LogP) is 2.42. The van der Waals surface area contributed by atoms with Gasteiger partial charge >= 0.3 is 5.76 Å². The number of hydrogen-bond acceptors (Lipinski definition) is 4. The first kappa shape index (κ1) is 12.7. The lowest BCUT2D eigenvalue weighted by Gasteiger charge is -2.09. The lowest BCUT2D eigenvalue weighted by molar-refractivity contribution is 0.218. The van der Waals surface area contributed by atoms with Gasteiger partial charge in [0, 0.05) is 12.6 Å². The molecule has 2 heterocycles. The van der Waals surface area contributed by atoms with Crippen LogP contribution in [0.3, 0.4) is 0 Å². The molecule has 0 radical (unpaired) electrons. The zero-order chi connectivity index (χ0) is 14.4. The molecule has 0 bridgehead atoms. The van der Waals surface area contributed by atoms with E-state index < -0.39 is 11.9 Å². The lowest BCUT2D eigenvalue weighted by Crippen LogP contribution is -2.08. The second kappa shape index (κ2) is 4.38. The highest BCUT2D eigenvalue weighted by Crippen LogP contribution is 2.29. The van der Waals surface area contributed by atoms with Gasteiger partial charge in [0.15, 0.2) is 5.58 Å². The molecule has 20 heavy (non-hydrogen) atoms. The number of rotatable bonds is 2. The van der Waals surface area contributed by atoms with Gasteiger partial charge in [-0.1, -0.05) is 6.07 Å². The molecule has 1 aromatic carbocycles. The zero-order valence-electron chi connectivity index (χ0n) is 11.5. The Balaban J connectivity index is 2.10. The first-order valence-electron chi connectivity index (χ1n) is 6.32. The first-order valence-corrected chi connectivity index (χ1v) is 6.32. The van der Waals surface area contributed by atoms with Gasteiger partial charge in [-0.05, 0) is 37.6 Å². The molecule has 3 aromatic rings. The van der Waals surface area contributed by atoms with Crippen molar-refractivity contribution >= 4 is 11.1 Å². The fourth-order valence-corrected chi connectivity index (χ4v) is 2.42. The van der Waals surface area contributed by atoms with Crippen molar-refractivity contribution in [3.8, 4) is 0 Å². The molecular weight excluding hydrogens is 258 g/mol. The molecule has 0 aliphatic carbocycles. The van der Waals surface area contributed by atoms with Crippen molar-refractivity contribution in [3.05, 3.63) is 57.5 Å². The van der Waals surface area contributed by atoms with Crippen LogP contribution in [0.25, 0.3) is 11.1 Å². The molecule has 0 aliphatic heterocycles. The van der Waals surface area contributed by atoms with E-state index in [-0.39, 0.29) is 0 Å². The van der Waals surface area contributed by atoms with E-state index in [9.17, 15) is 9.90 Å². The Morgan fingerprint density at radius 1 is 1.20 bits per heavy atom. The van der Waals surface area contributed by atoms with Gasteiger partial charge in [0.25, 0.3) is 0 Å². The van der Waals surface area contributed by atoms with Crippen molar-refractivity contribution in [2.75, 3.05) is 0 Å². The molecule has 104 valence electrons. The Labute approximate surface area is 115 Å². The number of hydrogen-bond donors (Lipinski definition) is 1. The van der Waals surface area contributed by atoms with Crippen molar-refractivity contribution in [2.45, 2.75) is 20.0 Å². The Morgan fingerprint density at radius 3 is 2.60 bits per heavy atom. The second-order valence-electron chi connectivity index (χ2n) is 4.93. The van der Waals surface area contributed by atoms with Crippen molar-refractivity contribution in [2.24, 2.45) is 7.05 Å². The van der Waals surface area contributed by atoms with E-state index in [2.05, 4.69) is 0 Å². The van der Waals surface area contributed by atoms with Gasteiger partial charge in [-0.3, -0.25) is 4.57 Å². The van der Waals surface area contributed by atoms with Crippen LogP contribution in [-0.2, 0) is 7.05 Å². The van der Waals surface area contributed by atoms with Crippen LogP contribution in [0.1, 0.15) is 28.8 Å². The second-order valence-corrected chi connectivity index (χ2v) is 4.93. The summed E-state index contributed by atoms with van der Waals surface area (Å²) in [5, 5.41) is 10.4. The van der Waals surface area contributed by atoms with Crippen LogP contribution in [0.4, 0.5) is 0 Å². The van der Waals surface area contributed by atoms with E-state index in [1.807, 2.05) is 19.9 Å². The third-order valence-corrected chi connectivity index (χ3v) is 3.51. The van der Waals surface area contributed by atoms with Gasteiger partial charge in [0.1, 0.15) is 17.6 Å². The van der Waals surface area contributed by atoms with Crippen LogP contribution < -0.4 is 5.76 Å². The molecule has 3 rings (SSSR count). The van der Waals surface area contributed by atoms with Crippen LogP contribution in [0, 0.1) is 13.8 Å². The maximum Gasteiger partial charge on any atom is 0.419 e. The molecule has 0 fully saturated rings. The predicted molar refractivity (Wildman–Crippen MR) is 73.7 cm³/mol. The van der Waals surface area contributed by atoms with E-state index in [0.29, 0.717) is 22.4 Å². The number of furan rings is 1. The summed E-state index contributed by atoms with van der Waals surface area (Å²) in [4.78, 5) is 11.5. The number of oxazole rings is 1. The Hall–Kier alpha value is -2.27. The summed E-state index contributed by atoms with van der Waals surface area (Å²) in [7, 11) is 1.65. The maximum absolute atomic E-state index is 11.5. The van der Waals surface area contributed by atoms with Crippen LogP contribution >= 0.6 is 0 Å². The SMILES string of the molecule is Cc1cc(C(O)c2ccc3c(c2)oc(=O)n3C)c(C)o1. The Bertz CT molecular complexity index is 837. The minimum absolute atomic E-state index is 0.415. The van der Waals surface area contributed by atoms with Crippen molar-refractivity contribution in [1.29, 1.82) is 0 Å². The molecule has 0 spiro atoms. The highest BCUT2D eigenvalue weighted by molar-refractivity contribution is 5.74. The summed E-state index contributed by atoms with van der Waals surface area (Å²) in [5.41, 5.74) is 2.55. The minimum Gasteiger partial charge on any atom is -0.466 e. The zero-order valence-corrected chi connectivity index (χ0v) is 11.5. The number of aliphatic hydroxyl groups is 1. The standard InChI is InChI=1S/C15H15NO4/c1-8-6-11(9(2)19-8)14(17)10-4-5-12-13(7-10)20-15(18)16(12)3/h4-7,14,17H,1-3H3. The Morgan fingerprint density at radius 2 is 1.95 bits per heavy atom. The molecule has 0 saturated heterocycles. The van der Waals surface area contributed by atoms with Crippen molar-refractivity contribution in [1.82, 2.24) is 4.57 Å². The third-order valence-electron chi connectivity index (χ3n) is 3.51. The lowest BCUT2D eigenvalue weighted by atomic mass is 10.0. The normalized spacial score (nSPS) is 13.0. The van der Waals surface area contributed by atoms with Crippen LogP contribution in [0.2, 0.25) is 0 Å². The van der Waals surface area contributed by atoms with E-state index in [1.54, 1.807) is 25.2 Å². The third kappa shape index (κ3) is 1.87. The molecule has 1 N–H and O–H groups in total. The van der Waals surface area contributed by atoms with Gasteiger partial charge < -0.3 is 13.9 Å². The molecule has 0 amide bonds. The highest BCUT2D eigenvalue weighted by atomic mass is 16.4. The van der Waals surface area contributed by atoms with Crippen LogP contribution in [0.15, 0.2) is 37.9 Å². The molecule has 2 aromatic heterocycles. The molecule has 5 heteroatoms. The van der Waals surface area contributed by atoms with Gasteiger partial charge in [-0.15, -0.1) is 0 Å². The summed E-state index contributed by atoms with van der Waals surface area (Å²) in [6, 6.07) is 7.04. The van der Waals surface area contributed by atoms with Crippen LogP contribution in [-0.4, -0.2) is 9.67 Å². The van der Waals surface area contributed by atoms with E-state index in [0.717, 1.165) is 11.3 Å². The van der Waals surface area contributed by atoms with Gasteiger partial charge in [0.2, 0.25) is 0 Å². The first-order chi connectivity index (χ1) is 9.47. The smallest absolute Gasteiger partial charge is 0.419 e. The molecule has 1 atom stereocenters. The summed E-state index contributed by atoms with van der Waals surface area (Å²) in [6.45, 7) is 3.65. The average Bonchev–Trinajstić information content (AvgIpc) is 2.89. The number of benzene rings is 1. The number of aliphatic hydroxyl groups excluding tert-OH is 1. The molecular formula is C15H15NO4.